The van der Waals surface area contributed by atoms with Crippen LogP contribution in [0.5, 0.6) is 0 Å². The number of aromatic amines is 1. The number of aromatic nitrogens is 2. The van der Waals surface area contributed by atoms with Crippen molar-refractivity contribution in [2.45, 2.75) is 13.3 Å². The van der Waals surface area contributed by atoms with E-state index in [4.69, 9.17) is 0 Å². The quantitative estimate of drug-likeness (QED) is 0.774. The molecule has 14 heavy (non-hydrogen) atoms. The van der Waals surface area contributed by atoms with Crippen LogP contribution in [0.25, 0.3) is 0 Å². The predicted molar refractivity (Wildman–Crippen MR) is 52.5 cm³/mol. The zero-order chi connectivity index (χ0) is 9.97. The molecule has 0 radical (unpaired) electrons. The van der Waals surface area contributed by atoms with Gasteiger partial charge in [-0.2, -0.15) is 0 Å². The highest BCUT2D eigenvalue weighted by Gasteiger charge is 1.99. The van der Waals surface area contributed by atoms with E-state index in [-0.39, 0.29) is 5.82 Å². The SMILES string of the molecule is Cc1cnc(Cc2ccc(F)cc2)[nH]1. The fourth-order valence-corrected chi connectivity index (χ4v) is 1.35. The zero-order valence-electron chi connectivity index (χ0n) is 7.92. The van der Waals surface area contributed by atoms with Crippen LogP contribution in [-0.4, -0.2) is 9.97 Å². The number of nitrogens with one attached hydrogen (secondary N) is 1. The molecule has 0 atom stereocenters. The van der Waals surface area contributed by atoms with Gasteiger partial charge in [-0.25, -0.2) is 9.37 Å². The average molecular weight is 190 g/mol. The molecule has 0 aliphatic rings. The normalized spacial score (nSPS) is 10.4. The summed E-state index contributed by atoms with van der Waals surface area (Å²) in [6.45, 7) is 1.96. The second-order valence-electron chi connectivity index (χ2n) is 3.32. The van der Waals surface area contributed by atoms with Crippen molar-refractivity contribution >= 4 is 0 Å². The van der Waals surface area contributed by atoms with Crippen LogP contribution in [0, 0.1) is 12.7 Å². The fourth-order valence-electron chi connectivity index (χ4n) is 1.35. The van der Waals surface area contributed by atoms with Gasteiger partial charge in [0.25, 0.3) is 0 Å². The van der Waals surface area contributed by atoms with Gasteiger partial charge < -0.3 is 4.98 Å². The molecule has 1 aromatic heterocycles. The van der Waals surface area contributed by atoms with Gasteiger partial charge in [0.1, 0.15) is 11.6 Å². The van der Waals surface area contributed by atoms with E-state index in [1.54, 1.807) is 18.3 Å². The molecule has 2 aromatic rings. The highest BCUT2D eigenvalue weighted by atomic mass is 19.1. The molecule has 2 rings (SSSR count). The second kappa shape index (κ2) is 3.62. The molecular weight excluding hydrogens is 179 g/mol. The maximum absolute atomic E-state index is 12.6. The van der Waals surface area contributed by atoms with Gasteiger partial charge in [-0.15, -0.1) is 0 Å². The van der Waals surface area contributed by atoms with E-state index in [9.17, 15) is 4.39 Å². The van der Waals surface area contributed by atoms with E-state index in [0.717, 1.165) is 17.1 Å². The topological polar surface area (TPSA) is 28.7 Å². The molecule has 0 amide bonds. The number of H-pyrrole nitrogens is 1. The Bertz CT molecular complexity index is 417. The summed E-state index contributed by atoms with van der Waals surface area (Å²) >= 11 is 0. The number of hydrogen-bond acceptors (Lipinski definition) is 1. The van der Waals surface area contributed by atoms with Crippen LogP contribution >= 0.6 is 0 Å². The molecule has 0 fully saturated rings. The van der Waals surface area contributed by atoms with E-state index < -0.39 is 0 Å². The first-order valence-corrected chi connectivity index (χ1v) is 4.49. The Morgan fingerprint density at radius 1 is 1.29 bits per heavy atom. The molecule has 2 nitrogen and oxygen atoms in total. The van der Waals surface area contributed by atoms with Gasteiger partial charge in [0.2, 0.25) is 0 Å². The highest BCUT2D eigenvalue weighted by molar-refractivity contribution is 5.20. The number of nitrogens with zero attached hydrogens (tertiary/aromatic N) is 1. The molecule has 0 unspecified atom stereocenters. The fraction of sp³-hybridized carbons (Fsp3) is 0.182. The minimum absolute atomic E-state index is 0.204. The number of imidazole rings is 1. The molecule has 0 bridgehead atoms. The van der Waals surface area contributed by atoms with Crippen molar-refractivity contribution in [3.8, 4) is 0 Å². The molecular formula is C11H11FN2. The summed E-state index contributed by atoms with van der Waals surface area (Å²) in [7, 11) is 0. The molecule has 0 saturated carbocycles. The van der Waals surface area contributed by atoms with Crippen LogP contribution in [0.3, 0.4) is 0 Å². The minimum atomic E-state index is -0.204. The Balaban J connectivity index is 2.15. The number of rotatable bonds is 2. The van der Waals surface area contributed by atoms with Gasteiger partial charge in [0, 0.05) is 18.3 Å². The van der Waals surface area contributed by atoms with Gasteiger partial charge in [-0.05, 0) is 24.6 Å². The molecule has 1 aromatic carbocycles. The molecule has 0 spiro atoms. The van der Waals surface area contributed by atoms with Crippen LogP contribution in [0.1, 0.15) is 17.1 Å². The zero-order valence-corrected chi connectivity index (χ0v) is 7.92. The molecule has 3 heteroatoms. The molecule has 0 aliphatic carbocycles. The van der Waals surface area contributed by atoms with Crippen LogP contribution < -0.4 is 0 Å². The van der Waals surface area contributed by atoms with E-state index in [2.05, 4.69) is 9.97 Å². The Labute approximate surface area is 81.8 Å². The maximum atomic E-state index is 12.6. The number of benzene rings is 1. The summed E-state index contributed by atoms with van der Waals surface area (Å²) in [6, 6.07) is 6.47. The third-order valence-electron chi connectivity index (χ3n) is 2.04. The van der Waals surface area contributed by atoms with Crippen LogP contribution in [0.2, 0.25) is 0 Å². The molecule has 1 N–H and O–H groups in total. The van der Waals surface area contributed by atoms with Crippen molar-refractivity contribution < 1.29 is 4.39 Å². The molecule has 0 aliphatic heterocycles. The largest absolute Gasteiger partial charge is 0.346 e. The van der Waals surface area contributed by atoms with Crippen molar-refractivity contribution in [2.75, 3.05) is 0 Å². The number of hydrogen-bond donors (Lipinski definition) is 1. The third kappa shape index (κ3) is 1.99. The monoisotopic (exact) mass is 190 g/mol. The van der Waals surface area contributed by atoms with Gasteiger partial charge in [0.05, 0.1) is 0 Å². The van der Waals surface area contributed by atoms with E-state index in [0.29, 0.717) is 6.42 Å². The number of halogens is 1. The standard InChI is InChI=1S/C11H11FN2/c1-8-7-13-11(14-8)6-9-2-4-10(12)5-3-9/h2-5,7H,6H2,1H3,(H,13,14). The first-order valence-electron chi connectivity index (χ1n) is 4.49. The van der Waals surface area contributed by atoms with Crippen molar-refractivity contribution in [3.05, 3.63) is 53.4 Å². The highest BCUT2D eigenvalue weighted by Crippen LogP contribution is 2.07. The Kier molecular flexibility index (Phi) is 2.31. The Morgan fingerprint density at radius 2 is 2.00 bits per heavy atom. The van der Waals surface area contributed by atoms with Gasteiger partial charge in [-0.3, -0.25) is 0 Å². The first-order chi connectivity index (χ1) is 6.74. The summed E-state index contributed by atoms with van der Waals surface area (Å²) in [6.07, 6.45) is 2.51. The van der Waals surface area contributed by atoms with Gasteiger partial charge in [-0.1, -0.05) is 12.1 Å². The Morgan fingerprint density at radius 3 is 2.57 bits per heavy atom. The lowest BCUT2D eigenvalue weighted by Crippen LogP contribution is -1.90. The summed E-state index contributed by atoms with van der Waals surface area (Å²) in [5.41, 5.74) is 2.10. The second-order valence-corrected chi connectivity index (χ2v) is 3.32. The van der Waals surface area contributed by atoms with Gasteiger partial charge in [0.15, 0.2) is 0 Å². The Hall–Kier alpha value is -1.64. The lowest BCUT2D eigenvalue weighted by atomic mass is 10.1. The van der Waals surface area contributed by atoms with Crippen molar-refractivity contribution in [1.82, 2.24) is 9.97 Å². The van der Waals surface area contributed by atoms with Gasteiger partial charge >= 0.3 is 0 Å². The predicted octanol–water partition coefficient (Wildman–Crippen LogP) is 2.45. The summed E-state index contributed by atoms with van der Waals surface area (Å²) < 4.78 is 12.6. The summed E-state index contributed by atoms with van der Waals surface area (Å²) in [4.78, 5) is 7.32. The average Bonchev–Trinajstić information content (AvgIpc) is 2.56. The van der Waals surface area contributed by atoms with Crippen LogP contribution in [0.15, 0.2) is 30.5 Å². The van der Waals surface area contributed by atoms with Crippen LogP contribution in [0.4, 0.5) is 4.39 Å². The maximum Gasteiger partial charge on any atom is 0.123 e. The summed E-state index contributed by atoms with van der Waals surface area (Å²) in [5.74, 6) is 0.707. The summed E-state index contributed by atoms with van der Waals surface area (Å²) in [5, 5.41) is 0. The third-order valence-corrected chi connectivity index (χ3v) is 2.04. The smallest absolute Gasteiger partial charge is 0.123 e. The van der Waals surface area contributed by atoms with Crippen molar-refractivity contribution in [3.63, 3.8) is 0 Å². The minimum Gasteiger partial charge on any atom is -0.346 e. The first kappa shape index (κ1) is 8.94. The number of aryl methyl sites for hydroxylation is 1. The van der Waals surface area contributed by atoms with E-state index in [1.807, 2.05) is 6.92 Å². The molecule has 72 valence electrons. The lowest BCUT2D eigenvalue weighted by Gasteiger charge is -1.97. The molecule has 0 saturated heterocycles. The van der Waals surface area contributed by atoms with E-state index >= 15 is 0 Å². The van der Waals surface area contributed by atoms with E-state index in [1.165, 1.54) is 12.1 Å². The van der Waals surface area contributed by atoms with Crippen LogP contribution in [-0.2, 0) is 6.42 Å². The lowest BCUT2D eigenvalue weighted by molar-refractivity contribution is 0.627. The van der Waals surface area contributed by atoms with Crippen molar-refractivity contribution in [1.29, 1.82) is 0 Å². The van der Waals surface area contributed by atoms with Crippen molar-refractivity contribution in [2.24, 2.45) is 0 Å². The molecule has 1 heterocycles.